The molecule has 0 saturated carbocycles. The number of pyridine rings is 1. The first kappa shape index (κ1) is 23.1. The van der Waals surface area contributed by atoms with Crippen LogP contribution >= 0.6 is 0 Å². The minimum Gasteiger partial charge on any atom is -0.367 e. The summed E-state index contributed by atoms with van der Waals surface area (Å²) < 4.78 is 0. The van der Waals surface area contributed by atoms with Crippen molar-refractivity contribution < 1.29 is 4.79 Å². The van der Waals surface area contributed by atoms with Gasteiger partial charge in [-0.05, 0) is 48.4 Å². The smallest absolute Gasteiger partial charge is 0.228 e. The van der Waals surface area contributed by atoms with Gasteiger partial charge in [0.15, 0.2) is 0 Å². The number of rotatable bonds is 6. The molecule has 178 valence electrons. The van der Waals surface area contributed by atoms with Crippen molar-refractivity contribution in [2.45, 2.75) is 20.3 Å². The number of fused-ring (bicyclic) bond motifs is 1. The number of carbonyl (C=O) groups excluding carboxylic acids is 1. The van der Waals surface area contributed by atoms with E-state index in [1.54, 1.807) is 0 Å². The zero-order valence-electron chi connectivity index (χ0n) is 20.5. The van der Waals surface area contributed by atoms with Gasteiger partial charge >= 0.3 is 0 Å². The first-order valence-electron chi connectivity index (χ1n) is 12.4. The number of piperazine rings is 1. The average molecular weight is 465 g/mol. The number of likely N-dealkylation sites (N-methyl/N-ethyl adjacent to an activating group) is 1. The number of carbonyl (C=O) groups is 1. The predicted molar refractivity (Wildman–Crippen MR) is 145 cm³/mol. The third-order valence-corrected chi connectivity index (χ3v) is 6.94. The van der Waals surface area contributed by atoms with Crippen LogP contribution in [0.25, 0.3) is 22.0 Å². The van der Waals surface area contributed by atoms with Crippen LogP contribution in [0.4, 0.5) is 11.4 Å². The van der Waals surface area contributed by atoms with Crippen molar-refractivity contribution >= 4 is 28.2 Å². The summed E-state index contributed by atoms with van der Waals surface area (Å²) in [6.07, 6.45) is 0.270. The van der Waals surface area contributed by atoms with Gasteiger partial charge in [-0.15, -0.1) is 0 Å². The van der Waals surface area contributed by atoms with Crippen molar-refractivity contribution in [2.75, 3.05) is 42.9 Å². The molecular weight excluding hydrogens is 432 g/mol. The minimum absolute atomic E-state index is 0.0259. The van der Waals surface area contributed by atoms with Crippen LogP contribution in [0.3, 0.4) is 0 Å². The molecule has 1 aromatic heterocycles. The summed E-state index contributed by atoms with van der Waals surface area (Å²) >= 11 is 0. The van der Waals surface area contributed by atoms with E-state index < -0.39 is 0 Å². The second kappa shape index (κ2) is 10.3. The number of benzene rings is 3. The SMILES string of the molecule is CCN1CCN(c2ccccc2NC(=O)Cc2c(C)nc3ccccc3c2-c2ccccc2)CC1. The van der Waals surface area contributed by atoms with Crippen LogP contribution in [0.15, 0.2) is 78.9 Å². The van der Waals surface area contributed by atoms with Gasteiger partial charge in [0.2, 0.25) is 5.91 Å². The maximum absolute atomic E-state index is 13.4. The second-order valence-electron chi connectivity index (χ2n) is 9.10. The molecule has 1 fully saturated rings. The van der Waals surface area contributed by atoms with Gasteiger partial charge in [0.1, 0.15) is 0 Å². The molecule has 3 aromatic carbocycles. The Bertz CT molecular complexity index is 1330. The van der Waals surface area contributed by atoms with Gasteiger partial charge in [0.05, 0.1) is 23.3 Å². The Morgan fingerprint density at radius 3 is 2.34 bits per heavy atom. The standard InChI is InChI=1S/C30H32N4O/c1-3-33-17-19-34(20-18-33)28-16-10-9-15-27(28)32-29(35)21-25-22(2)31-26-14-8-7-13-24(26)30(25)23-11-5-4-6-12-23/h4-16H,3,17-21H2,1-2H3,(H,32,35). The monoisotopic (exact) mass is 464 g/mol. The van der Waals surface area contributed by atoms with E-state index in [1.807, 2.05) is 61.5 Å². The molecule has 0 aliphatic carbocycles. The van der Waals surface area contributed by atoms with E-state index in [9.17, 15) is 4.79 Å². The van der Waals surface area contributed by atoms with E-state index in [-0.39, 0.29) is 12.3 Å². The number of hydrogen-bond acceptors (Lipinski definition) is 4. The number of nitrogens with zero attached hydrogens (tertiary/aromatic N) is 3. The van der Waals surface area contributed by atoms with Crippen molar-refractivity contribution in [2.24, 2.45) is 0 Å². The van der Waals surface area contributed by atoms with Gasteiger partial charge in [-0.2, -0.15) is 0 Å². The van der Waals surface area contributed by atoms with Crippen molar-refractivity contribution in [3.05, 3.63) is 90.1 Å². The summed E-state index contributed by atoms with van der Waals surface area (Å²) in [5, 5.41) is 4.28. The molecule has 1 aliphatic heterocycles. The minimum atomic E-state index is -0.0259. The van der Waals surface area contributed by atoms with Crippen LogP contribution < -0.4 is 10.2 Å². The second-order valence-corrected chi connectivity index (χ2v) is 9.10. The summed E-state index contributed by atoms with van der Waals surface area (Å²) in [5.41, 5.74) is 6.97. The first-order chi connectivity index (χ1) is 17.1. The molecule has 5 heteroatoms. The molecule has 2 heterocycles. The number of aromatic nitrogens is 1. The summed E-state index contributed by atoms with van der Waals surface area (Å²) in [5.74, 6) is -0.0259. The largest absolute Gasteiger partial charge is 0.367 e. The number of para-hydroxylation sites is 3. The van der Waals surface area contributed by atoms with Crippen LogP contribution in [0.5, 0.6) is 0 Å². The van der Waals surface area contributed by atoms with Gasteiger partial charge in [0.25, 0.3) is 0 Å². The van der Waals surface area contributed by atoms with E-state index in [0.29, 0.717) is 0 Å². The van der Waals surface area contributed by atoms with Gasteiger partial charge in [-0.25, -0.2) is 0 Å². The fourth-order valence-electron chi connectivity index (χ4n) is 5.04. The Labute approximate surface area is 207 Å². The first-order valence-corrected chi connectivity index (χ1v) is 12.4. The molecule has 1 amide bonds. The molecule has 35 heavy (non-hydrogen) atoms. The van der Waals surface area contributed by atoms with Crippen molar-refractivity contribution in [1.29, 1.82) is 0 Å². The molecule has 5 rings (SSSR count). The molecule has 1 aliphatic rings. The average Bonchev–Trinajstić information content (AvgIpc) is 2.90. The Morgan fingerprint density at radius 2 is 1.57 bits per heavy atom. The summed E-state index contributed by atoms with van der Waals surface area (Å²) in [6.45, 7) is 9.30. The van der Waals surface area contributed by atoms with Crippen LogP contribution in [0.2, 0.25) is 0 Å². The van der Waals surface area contributed by atoms with Crippen molar-refractivity contribution in [3.8, 4) is 11.1 Å². The maximum Gasteiger partial charge on any atom is 0.228 e. The molecule has 0 unspecified atom stereocenters. The topological polar surface area (TPSA) is 48.5 Å². The highest BCUT2D eigenvalue weighted by Crippen LogP contribution is 2.34. The number of aryl methyl sites for hydroxylation is 1. The predicted octanol–water partition coefficient (Wildman–Crippen LogP) is 5.53. The van der Waals surface area contributed by atoms with Gasteiger partial charge < -0.3 is 15.1 Å². The van der Waals surface area contributed by atoms with Crippen LogP contribution in [-0.2, 0) is 11.2 Å². The molecule has 0 bridgehead atoms. The highest BCUT2D eigenvalue weighted by atomic mass is 16.1. The third kappa shape index (κ3) is 4.91. The maximum atomic E-state index is 13.4. The highest BCUT2D eigenvalue weighted by Gasteiger charge is 2.21. The fourth-order valence-corrected chi connectivity index (χ4v) is 5.04. The van der Waals surface area contributed by atoms with E-state index in [0.717, 1.165) is 77.4 Å². The lowest BCUT2D eigenvalue weighted by Gasteiger charge is -2.36. The van der Waals surface area contributed by atoms with Crippen molar-refractivity contribution in [3.63, 3.8) is 0 Å². The number of hydrogen-bond donors (Lipinski definition) is 1. The lowest BCUT2D eigenvalue weighted by molar-refractivity contribution is -0.115. The lowest BCUT2D eigenvalue weighted by atomic mass is 9.92. The molecule has 0 radical (unpaired) electrons. The molecule has 0 atom stereocenters. The zero-order valence-corrected chi connectivity index (χ0v) is 20.5. The van der Waals surface area contributed by atoms with Crippen LogP contribution in [-0.4, -0.2) is 48.5 Å². The van der Waals surface area contributed by atoms with Gasteiger partial charge in [-0.1, -0.05) is 67.6 Å². The Morgan fingerprint density at radius 1 is 0.886 bits per heavy atom. The van der Waals surface area contributed by atoms with Gasteiger partial charge in [-0.3, -0.25) is 9.78 Å². The van der Waals surface area contributed by atoms with Crippen LogP contribution in [0.1, 0.15) is 18.2 Å². The van der Waals surface area contributed by atoms with E-state index >= 15 is 0 Å². The summed E-state index contributed by atoms with van der Waals surface area (Å²) in [4.78, 5) is 23.1. The zero-order chi connectivity index (χ0) is 24.2. The Hall–Kier alpha value is -3.70. The van der Waals surface area contributed by atoms with E-state index in [2.05, 4.69) is 46.3 Å². The Balaban J connectivity index is 1.45. The summed E-state index contributed by atoms with van der Waals surface area (Å²) in [6, 6.07) is 26.6. The van der Waals surface area contributed by atoms with Crippen molar-refractivity contribution in [1.82, 2.24) is 9.88 Å². The van der Waals surface area contributed by atoms with E-state index in [4.69, 9.17) is 4.98 Å². The third-order valence-electron chi connectivity index (χ3n) is 6.94. The molecule has 1 N–H and O–H groups in total. The lowest BCUT2D eigenvalue weighted by Crippen LogP contribution is -2.46. The summed E-state index contributed by atoms with van der Waals surface area (Å²) in [7, 11) is 0. The van der Waals surface area contributed by atoms with Gasteiger partial charge in [0, 0.05) is 37.3 Å². The Kier molecular flexibility index (Phi) is 6.77. The van der Waals surface area contributed by atoms with E-state index in [1.165, 1.54) is 0 Å². The number of nitrogens with one attached hydrogen (secondary N) is 1. The number of amides is 1. The molecule has 5 nitrogen and oxygen atoms in total. The van der Waals surface area contributed by atoms with Crippen LogP contribution in [0, 0.1) is 6.92 Å². The number of anilines is 2. The molecule has 0 spiro atoms. The molecule has 1 saturated heterocycles. The normalized spacial score (nSPS) is 14.3. The quantitative estimate of drug-likeness (QED) is 0.407. The molecule has 4 aromatic rings. The molecular formula is C30H32N4O. The fraction of sp³-hybridized carbons (Fsp3) is 0.267. The highest BCUT2D eigenvalue weighted by molar-refractivity contribution is 6.01.